The summed E-state index contributed by atoms with van der Waals surface area (Å²) in [6.07, 6.45) is 10.5. The summed E-state index contributed by atoms with van der Waals surface area (Å²) in [5.41, 5.74) is 0.0388. The Balaban J connectivity index is 1.70. The summed E-state index contributed by atoms with van der Waals surface area (Å²) >= 11 is 0. The lowest BCUT2D eigenvalue weighted by Crippen LogP contribution is -2.54. The zero-order chi connectivity index (χ0) is 14.8. The van der Waals surface area contributed by atoms with Crippen LogP contribution < -0.4 is 0 Å². The molecule has 0 aliphatic heterocycles. The van der Waals surface area contributed by atoms with Crippen LogP contribution in [-0.2, 0) is 4.79 Å². The molecular formula is C18H24O3. The average molecular weight is 288 g/mol. The van der Waals surface area contributed by atoms with E-state index in [0.717, 1.165) is 44.1 Å². The first-order valence-corrected chi connectivity index (χ1v) is 8.30. The molecule has 6 atom stereocenters. The zero-order valence-corrected chi connectivity index (χ0v) is 12.6. The highest BCUT2D eigenvalue weighted by Gasteiger charge is 2.59. The second kappa shape index (κ2) is 4.30. The highest BCUT2D eigenvalue weighted by molar-refractivity contribution is 6.01. The molecule has 5 unspecified atom stereocenters. The number of hydrogen-bond donors (Lipinski definition) is 2. The summed E-state index contributed by atoms with van der Waals surface area (Å²) in [6, 6.07) is 0. The van der Waals surface area contributed by atoms with Crippen molar-refractivity contribution in [3.63, 3.8) is 0 Å². The Bertz CT molecular complexity index is 549. The molecule has 0 radical (unpaired) electrons. The Morgan fingerprint density at radius 2 is 2.00 bits per heavy atom. The number of hydrogen-bond acceptors (Lipinski definition) is 3. The van der Waals surface area contributed by atoms with E-state index in [2.05, 4.69) is 6.92 Å². The molecule has 4 aliphatic rings. The molecule has 0 aromatic rings. The predicted octanol–water partition coefficient (Wildman–Crippen LogP) is 2.38. The van der Waals surface area contributed by atoms with Gasteiger partial charge in [-0.1, -0.05) is 6.92 Å². The minimum Gasteiger partial charge on any atom is -0.393 e. The van der Waals surface area contributed by atoms with Gasteiger partial charge in [-0.05, 0) is 85.5 Å². The Kier molecular flexibility index (Phi) is 2.81. The van der Waals surface area contributed by atoms with Crippen molar-refractivity contribution >= 4 is 5.78 Å². The van der Waals surface area contributed by atoms with Crippen molar-refractivity contribution in [1.82, 2.24) is 0 Å². The zero-order valence-electron chi connectivity index (χ0n) is 12.6. The predicted molar refractivity (Wildman–Crippen MR) is 79.5 cm³/mol. The van der Waals surface area contributed by atoms with Crippen LogP contribution in [0.15, 0.2) is 23.8 Å². The first-order valence-electron chi connectivity index (χ1n) is 8.30. The number of allylic oxidation sites excluding steroid dienone is 2. The van der Waals surface area contributed by atoms with E-state index < -0.39 is 5.60 Å². The monoisotopic (exact) mass is 288 g/mol. The summed E-state index contributed by atoms with van der Waals surface area (Å²) in [4.78, 5) is 11.6. The summed E-state index contributed by atoms with van der Waals surface area (Å²) in [6.45, 7) is 2.24. The maximum Gasteiger partial charge on any atom is 0.178 e. The van der Waals surface area contributed by atoms with Crippen LogP contribution in [0, 0.1) is 23.2 Å². The molecule has 3 nitrogen and oxygen atoms in total. The van der Waals surface area contributed by atoms with Crippen LogP contribution in [0.1, 0.15) is 45.4 Å². The molecule has 3 fully saturated rings. The quantitative estimate of drug-likeness (QED) is 0.719. The van der Waals surface area contributed by atoms with E-state index in [1.807, 2.05) is 0 Å². The van der Waals surface area contributed by atoms with E-state index >= 15 is 0 Å². The van der Waals surface area contributed by atoms with E-state index in [1.54, 1.807) is 12.2 Å². The van der Waals surface area contributed by atoms with Crippen LogP contribution in [0.5, 0.6) is 0 Å². The molecule has 3 heteroatoms. The topological polar surface area (TPSA) is 57.5 Å². The van der Waals surface area contributed by atoms with Crippen molar-refractivity contribution < 1.29 is 15.0 Å². The molecule has 0 bridgehead atoms. The molecule has 2 N–H and O–H groups in total. The Labute approximate surface area is 125 Å². The molecule has 0 aromatic heterocycles. The third-order valence-corrected chi connectivity index (χ3v) is 7.03. The van der Waals surface area contributed by atoms with E-state index in [1.165, 1.54) is 6.08 Å². The van der Waals surface area contributed by atoms with Gasteiger partial charge in [-0.15, -0.1) is 0 Å². The van der Waals surface area contributed by atoms with Gasteiger partial charge in [-0.25, -0.2) is 0 Å². The van der Waals surface area contributed by atoms with Crippen LogP contribution in [0.4, 0.5) is 0 Å². The number of carbonyl (C=O) groups excluding carboxylic acids is 1. The average Bonchev–Trinajstić information content (AvgIpc) is 2.76. The summed E-state index contributed by atoms with van der Waals surface area (Å²) in [5, 5.41) is 21.6. The van der Waals surface area contributed by atoms with Gasteiger partial charge in [-0.3, -0.25) is 4.79 Å². The number of rotatable bonds is 0. The summed E-state index contributed by atoms with van der Waals surface area (Å²) < 4.78 is 0. The van der Waals surface area contributed by atoms with Crippen molar-refractivity contribution in [2.45, 2.75) is 57.2 Å². The first kappa shape index (κ1) is 13.7. The Morgan fingerprint density at radius 1 is 1.19 bits per heavy atom. The molecule has 114 valence electrons. The number of ketones is 1. The van der Waals surface area contributed by atoms with Crippen LogP contribution in [0.3, 0.4) is 0 Å². The van der Waals surface area contributed by atoms with E-state index in [4.69, 9.17) is 0 Å². The van der Waals surface area contributed by atoms with E-state index in [9.17, 15) is 15.0 Å². The number of aliphatic hydroxyl groups excluding tert-OH is 1. The van der Waals surface area contributed by atoms with E-state index in [-0.39, 0.29) is 23.2 Å². The first-order chi connectivity index (χ1) is 9.95. The lowest BCUT2D eigenvalue weighted by molar-refractivity contribution is -0.113. The number of aliphatic hydroxyl groups is 2. The number of carbonyl (C=O) groups is 1. The second-order valence-electron chi connectivity index (χ2n) is 7.78. The molecule has 0 amide bonds. The Hall–Kier alpha value is -0.930. The maximum atomic E-state index is 11.6. The highest BCUT2D eigenvalue weighted by atomic mass is 16.3. The number of fused-ring (bicyclic) bond motifs is 5. The van der Waals surface area contributed by atoms with Gasteiger partial charge < -0.3 is 10.2 Å². The SMILES string of the molecule is C[C@]12CCC3C(CCC4=CC(=O)C=CC43O)C1CCC2O. The normalized spacial score (nSPS) is 52.0. The molecule has 0 aromatic carbocycles. The largest absolute Gasteiger partial charge is 0.393 e. The van der Waals surface area contributed by atoms with Crippen LogP contribution >= 0.6 is 0 Å². The van der Waals surface area contributed by atoms with Gasteiger partial charge in [0.15, 0.2) is 5.78 Å². The smallest absolute Gasteiger partial charge is 0.178 e. The van der Waals surface area contributed by atoms with Crippen molar-refractivity contribution in [3.8, 4) is 0 Å². The summed E-state index contributed by atoms with van der Waals surface area (Å²) in [5.74, 6) is 1.21. The second-order valence-corrected chi connectivity index (χ2v) is 7.78. The van der Waals surface area contributed by atoms with Crippen LogP contribution in [-0.4, -0.2) is 27.7 Å². The fourth-order valence-corrected chi connectivity index (χ4v) is 5.82. The molecule has 4 aliphatic carbocycles. The molecule has 0 spiro atoms. The van der Waals surface area contributed by atoms with Gasteiger partial charge in [-0.2, -0.15) is 0 Å². The molecule has 0 heterocycles. The van der Waals surface area contributed by atoms with Crippen molar-refractivity contribution in [2.75, 3.05) is 0 Å². The molecule has 4 rings (SSSR count). The van der Waals surface area contributed by atoms with Crippen molar-refractivity contribution in [2.24, 2.45) is 23.2 Å². The van der Waals surface area contributed by atoms with Crippen LogP contribution in [0.2, 0.25) is 0 Å². The van der Waals surface area contributed by atoms with Gasteiger partial charge in [0, 0.05) is 0 Å². The minimum absolute atomic E-state index is 0.00469. The highest BCUT2D eigenvalue weighted by Crippen LogP contribution is 2.62. The fraction of sp³-hybridized carbons (Fsp3) is 0.722. The van der Waals surface area contributed by atoms with Crippen molar-refractivity contribution in [1.29, 1.82) is 0 Å². The lowest BCUT2D eigenvalue weighted by atomic mass is 9.51. The van der Waals surface area contributed by atoms with Gasteiger partial charge in [0.1, 0.15) is 5.60 Å². The third-order valence-electron chi connectivity index (χ3n) is 7.03. The molecule has 3 saturated carbocycles. The Morgan fingerprint density at radius 3 is 2.81 bits per heavy atom. The minimum atomic E-state index is -0.911. The van der Waals surface area contributed by atoms with Gasteiger partial charge in [0.25, 0.3) is 0 Å². The van der Waals surface area contributed by atoms with Gasteiger partial charge >= 0.3 is 0 Å². The molecule has 0 saturated heterocycles. The van der Waals surface area contributed by atoms with Gasteiger partial charge in [0.2, 0.25) is 0 Å². The lowest BCUT2D eigenvalue weighted by Gasteiger charge is -2.55. The standard InChI is InChI=1S/C18H24O3/c1-17-8-7-15-13(14(17)4-5-16(17)20)3-2-11-10-12(19)6-9-18(11,15)21/h6,9-10,13-16,20-21H,2-5,7-8H2,1H3/t13?,14?,15?,16?,17-,18?/m0/s1. The fourth-order valence-electron chi connectivity index (χ4n) is 5.82. The maximum absolute atomic E-state index is 11.6. The van der Waals surface area contributed by atoms with Crippen LogP contribution in [0.25, 0.3) is 0 Å². The summed E-state index contributed by atoms with van der Waals surface area (Å²) in [7, 11) is 0. The molecular weight excluding hydrogens is 264 g/mol. The van der Waals surface area contributed by atoms with Crippen molar-refractivity contribution in [3.05, 3.63) is 23.8 Å². The van der Waals surface area contributed by atoms with Gasteiger partial charge in [0.05, 0.1) is 6.10 Å². The molecule has 21 heavy (non-hydrogen) atoms. The van der Waals surface area contributed by atoms with E-state index in [0.29, 0.717) is 11.8 Å². The third kappa shape index (κ3) is 1.71.